The molecule has 0 spiro atoms. The minimum absolute atomic E-state index is 0.291. The Hall–Kier alpha value is -1.98. The summed E-state index contributed by atoms with van der Waals surface area (Å²) in [6.45, 7) is 2.04. The van der Waals surface area contributed by atoms with Crippen LogP contribution >= 0.6 is 0 Å². The maximum atomic E-state index is 5.69. The Balaban J connectivity index is 1.56. The summed E-state index contributed by atoms with van der Waals surface area (Å²) in [6.07, 6.45) is 1.69. The molecule has 5 nitrogen and oxygen atoms in total. The number of hydrogen-bond donors (Lipinski definition) is 1. The van der Waals surface area contributed by atoms with E-state index in [1.165, 1.54) is 0 Å². The van der Waals surface area contributed by atoms with Gasteiger partial charge in [-0.25, -0.2) is 0 Å². The molecule has 0 aliphatic carbocycles. The van der Waals surface area contributed by atoms with Crippen LogP contribution in [0.15, 0.2) is 34.9 Å². The first-order valence-electron chi connectivity index (χ1n) is 6.53. The van der Waals surface area contributed by atoms with Gasteiger partial charge in [-0.05, 0) is 30.8 Å². The van der Waals surface area contributed by atoms with Gasteiger partial charge in [0.15, 0.2) is 11.5 Å². The van der Waals surface area contributed by atoms with Crippen molar-refractivity contribution < 1.29 is 18.6 Å². The average molecular weight is 275 g/mol. The van der Waals surface area contributed by atoms with Crippen LogP contribution in [0.1, 0.15) is 16.9 Å². The summed E-state index contributed by atoms with van der Waals surface area (Å²) in [7, 11) is 1.91. The Morgan fingerprint density at radius 2 is 2.05 bits per heavy atom. The lowest BCUT2D eigenvalue weighted by Gasteiger charge is -2.05. The molecular formula is C15H17NO4. The molecule has 0 atom stereocenters. The molecule has 0 fully saturated rings. The van der Waals surface area contributed by atoms with Crippen LogP contribution in [-0.2, 0) is 24.5 Å². The van der Waals surface area contributed by atoms with E-state index in [-0.39, 0.29) is 0 Å². The van der Waals surface area contributed by atoms with Gasteiger partial charge in [0, 0.05) is 12.1 Å². The molecule has 0 saturated heterocycles. The van der Waals surface area contributed by atoms with Gasteiger partial charge in [-0.2, -0.15) is 0 Å². The molecule has 3 rings (SSSR count). The Labute approximate surface area is 117 Å². The summed E-state index contributed by atoms with van der Waals surface area (Å²) in [4.78, 5) is 0. The topological polar surface area (TPSA) is 52.9 Å². The van der Waals surface area contributed by atoms with Gasteiger partial charge in [0.2, 0.25) is 6.79 Å². The van der Waals surface area contributed by atoms with E-state index in [0.29, 0.717) is 20.0 Å². The highest BCUT2D eigenvalue weighted by molar-refractivity contribution is 5.44. The van der Waals surface area contributed by atoms with Gasteiger partial charge in [0.25, 0.3) is 0 Å². The molecule has 0 saturated carbocycles. The number of ether oxygens (including phenoxy) is 3. The van der Waals surface area contributed by atoms with Gasteiger partial charge in [-0.3, -0.25) is 0 Å². The average Bonchev–Trinajstić information content (AvgIpc) is 3.08. The summed E-state index contributed by atoms with van der Waals surface area (Å²) < 4.78 is 21.7. The van der Waals surface area contributed by atoms with E-state index < -0.39 is 0 Å². The fourth-order valence-electron chi connectivity index (χ4n) is 2.13. The first-order valence-corrected chi connectivity index (χ1v) is 6.53. The van der Waals surface area contributed by atoms with Crippen LogP contribution < -0.4 is 14.8 Å². The molecule has 0 bridgehead atoms. The lowest BCUT2D eigenvalue weighted by molar-refractivity contribution is 0.0920. The van der Waals surface area contributed by atoms with Crippen LogP contribution in [0.25, 0.3) is 0 Å². The quantitative estimate of drug-likeness (QED) is 0.877. The fourth-order valence-corrected chi connectivity index (χ4v) is 2.13. The monoisotopic (exact) mass is 275 g/mol. The molecular weight excluding hydrogens is 258 g/mol. The molecule has 0 unspecified atom stereocenters. The van der Waals surface area contributed by atoms with Crippen molar-refractivity contribution >= 4 is 0 Å². The fraction of sp³-hybridized carbons (Fsp3) is 0.333. The van der Waals surface area contributed by atoms with Crippen molar-refractivity contribution in [3.05, 3.63) is 47.4 Å². The Morgan fingerprint density at radius 1 is 1.15 bits per heavy atom. The van der Waals surface area contributed by atoms with Crippen LogP contribution in [0, 0.1) is 0 Å². The number of hydrogen-bond acceptors (Lipinski definition) is 5. The highest BCUT2D eigenvalue weighted by Gasteiger charge is 2.13. The number of benzene rings is 1. The first kappa shape index (κ1) is 13.0. The third kappa shape index (κ3) is 2.79. The molecule has 0 amide bonds. The second kappa shape index (κ2) is 5.98. The summed E-state index contributed by atoms with van der Waals surface area (Å²) in [5.74, 6) is 2.43. The zero-order chi connectivity index (χ0) is 13.8. The van der Waals surface area contributed by atoms with Crippen molar-refractivity contribution in [3.63, 3.8) is 0 Å². The first-order chi connectivity index (χ1) is 9.86. The highest BCUT2D eigenvalue weighted by atomic mass is 16.7. The van der Waals surface area contributed by atoms with Crippen LogP contribution in [-0.4, -0.2) is 13.8 Å². The van der Waals surface area contributed by atoms with E-state index in [1.54, 1.807) is 6.26 Å². The number of rotatable bonds is 6. The molecule has 5 heteroatoms. The molecule has 20 heavy (non-hydrogen) atoms. The van der Waals surface area contributed by atoms with E-state index in [9.17, 15) is 0 Å². The molecule has 0 radical (unpaired) electrons. The standard InChI is InChI=1S/C15H17NO4/c1-16-7-12-4-5-18-15(12)9-17-8-11-2-3-13-14(6-11)20-10-19-13/h2-6,16H,7-10H2,1H3. The summed E-state index contributed by atoms with van der Waals surface area (Å²) in [5, 5.41) is 3.10. The maximum Gasteiger partial charge on any atom is 0.231 e. The number of furan rings is 1. The van der Waals surface area contributed by atoms with E-state index >= 15 is 0 Å². The highest BCUT2D eigenvalue weighted by Crippen LogP contribution is 2.32. The largest absolute Gasteiger partial charge is 0.467 e. The molecule has 1 aromatic heterocycles. The second-order valence-electron chi connectivity index (χ2n) is 4.58. The van der Waals surface area contributed by atoms with Crippen LogP contribution in [0.5, 0.6) is 11.5 Å². The third-order valence-electron chi connectivity index (χ3n) is 3.14. The summed E-state index contributed by atoms with van der Waals surface area (Å²) >= 11 is 0. The second-order valence-corrected chi connectivity index (χ2v) is 4.58. The van der Waals surface area contributed by atoms with Gasteiger partial charge in [0.05, 0.1) is 12.9 Å². The predicted octanol–water partition coefficient (Wildman–Crippen LogP) is 2.44. The molecule has 2 aromatic rings. The molecule has 1 aliphatic heterocycles. The molecule has 106 valence electrons. The minimum atomic E-state index is 0.291. The van der Waals surface area contributed by atoms with Crippen molar-refractivity contribution in [3.8, 4) is 11.5 Å². The smallest absolute Gasteiger partial charge is 0.231 e. The van der Waals surface area contributed by atoms with E-state index in [1.807, 2.05) is 31.3 Å². The van der Waals surface area contributed by atoms with Gasteiger partial charge >= 0.3 is 0 Å². The van der Waals surface area contributed by atoms with Gasteiger partial charge in [-0.15, -0.1) is 0 Å². The van der Waals surface area contributed by atoms with E-state index in [2.05, 4.69) is 5.32 Å². The molecule has 2 heterocycles. The minimum Gasteiger partial charge on any atom is -0.467 e. The van der Waals surface area contributed by atoms with E-state index in [0.717, 1.165) is 34.9 Å². The van der Waals surface area contributed by atoms with Crippen molar-refractivity contribution in [1.82, 2.24) is 5.32 Å². The lowest BCUT2D eigenvalue weighted by atomic mass is 10.2. The molecule has 1 aromatic carbocycles. The summed E-state index contributed by atoms with van der Waals surface area (Å²) in [5.41, 5.74) is 2.18. The molecule has 1 N–H and O–H groups in total. The van der Waals surface area contributed by atoms with Crippen molar-refractivity contribution in [2.24, 2.45) is 0 Å². The number of fused-ring (bicyclic) bond motifs is 1. The normalized spacial score (nSPS) is 12.8. The van der Waals surface area contributed by atoms with Crippen molar-refractivity contribution in [2.75, 3.05) is 13.8 Å². The number of nitrogens with one attached hydrogen (secondary N) is 1. The molecule has 1 aliphatic rings. The van der Waals surface area contributed by atoms with Crippen molar-refractivity contribution in [2.45, 2.75) is 19.8 Å². The zero-order valence-electron chi connectivity index (χ0n) is 11.3. The van der Waals surface area contributed by atoms with Gasteiger partial charge in [-0.1, -0.05) is 6.07 Å². The Bertz CT molecular complexity index is 579. The van der Waals surface area contributed by atoms with Crippen LogP contribution in [0.4, 0.5) is 0 Å². The third-order valence-corrected chi connectivity index (χ3v) is 3.14. The Kier molecular flexibility index (Phi) is 3.90. The zero-order valence-corrected chi connectivity index (χ0v) is 11.3. The lowest BCUT2D eigenvalue weighted by Crippen LogP contribution is -2.06. The predicted molar refractivity (Wildman–Crippen MR) is 72.5 cm³/mol. The SMILES string of the molecule is CNCc1ccoc1COCc1ccc2c(c1)OCO2. The van der Waals surface area contributed by atoms with Crippen LogP contribution in [0.3, 0.4) is 0 Å². The summed E-state index contributed by atoms with van der Waals surface area (Å²) in [6, 6.07) is 7.78. The van der Waals surface area contributed by atoms with Crippen molar-refractivity contribution in [1.29, 1.82) is 0 Å². The maximum absolute atomic E-state index is 5.69. The van der Waals surface area contributed by atoms with Crippen LogP contribution in [0.2, 0.25) is 0 Å². The van der Waals surface area contributed by atoms with Gasteiger partial charge < -0.3 is 23.9 Å². The Morgan fingerprint density at radius 3 is 2.95 bits per heavy atom. The van der Waals surface area contributed by atoms with E-state index in [4.69, 9.17) is 18.6 Å². The van der Waals surface area contributed by atoms with Gasteiger partial charge in [0.1, 0.15) is 12.4 Å².